The van der Waals surface area contributed by atoms with Gasteiger partial charge in [0.1, 0.15) is 0 Å². The lowest BCUT2D eigenvalue weighted by molar-refractivity contribution is -0.118. The molecule has 4 nitrogen and oxygen atoms in total. The molecule has 1 aromatic carbocycles. The Morgan fingerprint density at radius 3 is 2.33 bits per heavy atom. The lowest BCUT2D eigenvalue weighted by Gasteiger charge is -2.11. The Morgan fingerprint density at radius 2 is 1.67 bits per heavy atom. The Balaban J connectivity index is 1.54. The number of anilines is 2. The quantitative estimate of drug-likeness (QED) is 0.869. The predicted octanol–water partition coefficient (Wildman–Crippen LogP) is 3.55. The molecule has 2 aliphatic rings. The zero-order valence-corrected chi connectivity index (χ0v) is 12.2. The van der Waals surface area contributed by atoms with Crippen molar-refractivity contribution < 1.29 is 9.59 Å². The van der Waals surface area contributed by atoms with Gasteiger partial charge in [-0.3, -0.25) is 9.59 Å². The summed E-state index contributed by atoms with van der Waals surface area (Å²) in [4.78, 5) is 23.8. The molecule has 112 valence electrons. The summed E-state index contributed by atoms with van der Waals surface area (Å²) >= 11 is 0. The molecule has 0 heterocycles. The van der Waals surface area contributed by atoms with E-state index in [9.17, 15) is 9.59 Å². The van der Waals surface area contributed by atoms with Crippen LogP contribution < -0.4 is 10.6 Å². The van der Waals surface area contributed by atoms with Crippen LogP contribution in [0.5, 0.6) is 0 Å². The van der Waals surface area contributed by atoms with E-state index in [0.29, 0.717) is 12.3 Å². The van der Waals surface area contributed by atoms with Gasteiger partial charge in [0.25, 0.3) is 0 Å². The topological polar surface area (TPSA) is 58.2 Å². The van der Waals surface area contributed by atoms with Gasteiger partial charge in [0.15, 0.2) is 0 Å². The standard InChI is InChI=1S/C17H22N2O2/c20-16(10-12-4-1-2-5-12)18-14-6-3-7-15(11-14)19-17(21)13-8-9-13/h3,6-7,11-13H,1-2,4-5,8-10H2,(H,18,20)(H,19,21). The van der Waals surface area contributed by atoms with Crippen molar-refractivity contribution in [3.8, 4) is 0 Å². The Hall–Kier alpha value is -1.84. The third kappa shape index (κ3) is 4.06. The molecule has 0 spiro atoms. The van der Waals surface area contributed by atoms with Crippen LogP contribution in [0.2, 0.25) is 0 Å². The number of benzene rings is 1. The van der Waals surface area contributed by atoms with Crippen molar-refractivity contribution in [1.29, 1.82) is 0 Å². The zero-order valence-electron chi connectivity index (χ0n) is 12.2. The largest absolute Gasteiger partial charge is 0.326 e. The fourth-order valence-corrected chi connectivity index (χ4v) is 2.95. The minimum Gasteiger partial charge on any atom is -0.326 e. The van der Waals surface area contributed by atoms with E-state index in [0.717, 1.165) is 24.2 Å². The van der Waals surface area contributed by atoms with E-state index in [1.165, 1.54) is 25.7 Å². The summed E-state index contributed by atoms with van der Waals surface area (Å²) in [7, 11) is 0. The average Bonchev–Trinajstić information content (AvgIpc) is 3.19. The van der Waals surface area contributed by atoms with E-state index < -0.39 is 0 Å². The highest BCUT2D eigenvalue weighted by atomic mass is 16.2. The molecular formula is C17H22N2O2. The lowest BCUT2D eigenvalue weighted by atomic mass is 10.0. The smallest absolute Gasteiger partial charge is 0.227 e. The molecule has 3 rings (SSSR count). The zero-order chi connectivity index (χ0) is 14.7. The molecule has 0 radical (unpaired) electrons. The van der Waals surface area contributed by atoms with Gasteiger partial charge in [-0.05, 0) is 49.8 Å². The fourth-order valence-electron chi connectivity index (χ4n) is 2.95. The van der Waals surface area contributed by atoms with E-state index in [1.54, 1.807) is 0 Å². The number of rotatable bonds is 5. The van der Waals surface area contributed by atoms with E-state index in [-0.39, 0.29) is 17.7 Å². The van der Waals surface area contributed by atoms with Crippen molar-refractivity contribution in [2.24, 2.45) is 11.8 Å². The number of carbonyl (C=O) groups excluding carboxylic acids is 2. The monoisotopic (exact) mass is 286 g/mol. The second kappa shape index (κ2) is 6.29. The minimum atomic E-state index is 0.0765. The van der Waals surface area contributed by atoms with E-state index in [1.807, 2.05) is 24.3 Å². The first-order chi connectivity index (χ1) is 10.2. The van der Waals surface area contributed by atoms with Crippen LogP contribution in [-0.2, 0) is 9.59 Å². The molecule has 21 heavy (non-hydrogen) atoms. The molecule has 0 bridgehead atoms. The molecule has 0 atom stereocenters. The highest BCUT2D eigenvalue weighted by Gasteiger charge is 2.29. The Kier molecular flexibility index (Phi) is 4.23. The highest BCUT2D eigenvalue weighted by molar-refractivity contribution is 5.95. The fraction of sp³-hybridized carbons (Fsp3) is 0.529. The predicted molar refractivity (Wildman–Crippen MR) is 83.0 cm³/mol. The maximum absolute atomic E-state index is 12.0. The normalized spacial score (nSPS) is 18.5. The van der Waals surface area contributed by atoms with Crippen LogP contribution in [0, 0.1) is 11.8 Å². The Bertz CT molecular complexity index is 531. The minimum absolute atomic E-state index is 0.0765. The van der Waals surface area contributed by atoms with Gasteiger partial charge in [-0.1, -0.05) is 18.9 Å². The van der Waals surface area contributed by atoms with Gasteiger partial charge in [-0.15, -0.1) is 0 Å². The SMILES string of the molecule is O=C(CC1CCCC1)Nc1cccc(NC(=O)C2CC2)c1. The van der Waals surface area contributed by atoms with E-state index in [2.05, 4.69) is 10.6 Å². The van der Waals surface area contributed by atoms with Gasteiger partial charge in [0, 0.05) is 23.7 Å². The highest BCUT2D eigenvalue weighted by Crippen LogP contribution is 2.30. The summed E-state index contributed by atoms with van der Waals surface area (Å²) in [5, 5.41) is 5.84. The summed E-state index contributed by atoms with van der Waals surface area (Å²) in [6.45, 7) is 0. The van der Waals surface area contributed by atoms with Gasteiger partial charge in [0.05, 0.1) is 0 Å². The molecule has 1 aromatic rings. The summed E-state index contributed by atoms with van der Waals surface area (Å²) in [6, 6.07) is 7.40. The van der Waals surface area contributed by atoms with Crippen LogP contribution in [0.3, 0.4) is 0 Å². The molecule has 0 unspecified atom stereocenters. The summed E-state index contributed by atoms with van der Waals surface area (Å²) in [5.74, 6) is 0.894. The van der Waals surface area contributed by atoms with Crippen LogP contribution in [-0.4, -0.2) is 11.8 Å². The van der Waals surface area contributed by atoms with Crippen molar-refractivity contribution in [3.63, 3.8) is 0 Å². The molecule has 2 saturated carbocycles. The van der Waals surface area contributed by atoms with Gasteiger partial charge >= 0.3 is 0 Å². The molecule has 2 N–H and O–H groups in total. The van der Waals surface area contributed by atoms with Crippen molar-refractivity contribution in [3.05, 3.63) is 24.3 Å². The van der Waals surface area contributed by atoms with Crippen molar-refractivity contribution in [2.45, 2.75) is 44.9 Å². The summed E-state index contributed by atoms with van der Waals surface area (Å²) < 4.78 is 0. The van der Waals surface area contributed by atoms with Crippen LogP contribution in [0.4, 0.5) is 11.4 Å². The van der Waals surface area contributed by atoms with Gasteiger partial charge in [-0.2, -0.15) is 0 Å². The first-order valence-electron chi connectivity index (χ1n) is 7.91. The van der Waals surface area contributed by atoms with E-state index in [4.69, 9.17) is 0 Å². The first-order valence-corrected chi connectivity index (χ1v) is 7.91. The van der Waals surface area contributed by atoms with E-state index >= 15 is 0 Å². The Labute approximate surface area is 125 Å². The summed E-state index contributed by atoms with van der Waals surface area (Å²) in [6.07, 6.45) is 7.43. The maximum Gasteiger partial charge on any atom is 0.227 e. The van der Waals surface area contributed by atoms with Gasteiger partial charge in [-0.25, -0.2) is 0 Å². The number of carbonyl (C=O) groups is 2. The lowest BCUT2D eigenvalue weighted by Crippen LogP contribution is -2.16. The number of amides is 2. The molecule has 2 fully saturated rings. The number of hydrogen-bond donors (Lipinski definition) is 2. The average molecular weight is 286 g/mol. The molecule has 0 aliphatic heterocycles. The van der Waals surface area contributed by atoms with Crippen LogP contribution >= 0.6 is 0 Å². The molecule has 0 aromatic heterocycles. The number of hydrogen-bond acceptors (Lipinski definition) is 2. The molecular weight excluding hydrogens is 264 g/mol. The Morgan fingerprint density at radius 1 is 1.00 bits per heavy atom. The third-order valence-corrected chi connectivity index (χ3v) is 4.31. The maximum atomic E-state index is 12.0. The van der Waals surface area contributed by atoms with Crippen LogP contribution in [0.1, 0.15) is 44.9 Å². The molecule has 0 saturated heterocycles. The first kappa shape index (κ1) is 14.1. The molecule has 2 aliphatic carbocycles. The summed E-state index contributed by atoms with van der Waals surface area (Å²) in [5.41, 5.74) is 1.51. The van der Waals surface area contributed by atoms with Crippen molar-refractivity contribution >= 4 is 23.2 Å². The van der Waals surface area contributed by atoms with Gasteiger partial charge < -0.3 is 10.6 Å². The number of nitrogens with one attached hydrogen (secondary N) is 2. The van der Waals surface area contributed by atoms with Crippen molar-refractivity contribution in [1.82, 2.24) is 0 Å². The third-order valence-electron chi connectivity index (χ3n) is 4.31. The van der Waals surface area contributed by atoms with Crippen LogP contribution in [0.15, 0.2) is 24.3 Å². The second-order valence-corrected chi connectivity index (χ2v) is 6.25. The van der Waals surface area contributed by atoms with Gasteiger partial charge in [0.2, 0.25) is 11.8 Å². The van der Waals surface area contributed by atoms with Crippen LogP contribution in [0.25, 0.3) is 0 Å². The molecule has 2 amide bonds. The second-order valence-electron chi connectivity index (χ2n) is 6.25. The van der Waals surface area contributed by atoms with Crippen molar-refractivity contribution in [2.75, 3.05) is 10.6 Å². The molecule has 4 heteroatoms.